The normalized spacial score (nSPS) is 13.2. The van der Waals surface area contributed by atoms with Crippen LogP contribution in [0.5, 0.6) is 0 Å². The number of benzene rings is 1. The summed E-state index contributed by atoms with van der Waals surface area (Å²) < 4.78 is 0. The first-order chi connectivity index (χ1) is 11.3. The van der Waals surface area contributed by atoms with E-state index in [2.05, 4.69) is 29.0 Å². The molecule has 0 aliphatic rings. The molecule has 0 radical (unpaired) electrons. The standard InChI is InChI=1S/C17H19N3O4/c1-11(21)5-3-4-6-13-7-9-14(10-8-13)16(22)19-15(12(2)18)17(23)20-24/h7-12,15,21,24H,18H2,1-2H3,(H,19,22)(H,20,23)/t11?,12-,15+/m1/s1. The molecule has 0 spiro atoms. The highest BCUT2D eigenvalue weighted by Crippen LogP contribution is 2.04. The summed E-state index contributed by atoms with van der Waals surface area (Å²) in [6.45, 7) is 3.07. The molecule has 0 aliphatic carbocycles. The van der Waals surface area contributed by atoms with Crippen LogP contribution in [0.15, 0.2) is 24.3 Å². The van der Waals surface area contributed by atoms with Crippen molar-refractivity contribution in [3.05, 3.63) is 35.4 Å². The fourth-order valence-electron chi connectivity index (χ4n) is 1.68. The molecule has 0 aromatic heterocycles. The molecule has 1 aromatic rings. The number of hydrogen-bond donors (Lipinski definition) is 5. The fraction of sp³-hybridized carbons (Fsp3) is 0.294. The van der Waals surface area contributed by atoms with Crippen molar-refractivity contribution in [1.29, 1.82) is 0 Å². The minimum absolute atomic E-state index is 0.312. The molecular formula is C17H19N3O4. The van der Waals surface area contributed by atoms with E-state index in [9.17, 15) is 9.59 Å². The van der Waals surface area contributed by atoms with Gasteiger partial charge in [-0.3, -0.25) is 14.8 Å². The molecule has 0 saturated heterocycles. The average molecular weight is 329 g/mol. The van der Waals surface area contributed by atoms with E-state index >= 15 is 0 Å². The zero-order valence-corrected chi connectivity index (χ0v) is 13.3. The van der Waals surface area contributed by atoms with Gasteiger partial charge in [0.25, 0.3) is 11.8 Å². The lowest BCUT2D eigenvalue weighted by atomic mass is 10.1. The Hall–Kier alpha value is -2.84. The predicted octanol–water partition coefficient (Wildman–Crippen LogP) is -0.627. The van der Waals surface area contributed by atoms with Crippen molar-refractivity contribution in [3.8, 4) is 23.7 Å². The van der Waals surface area contributed by atoms with Gasteiger partial charge in [0.2, 0.25) is 0 Å². The molecule has 126 valence electrons. The predicted molar refractivity (Wildman–Crippen MR) is 87.6 cm³/mol. The number of carbonyl (C=O) groups is 2. The highest BCUT2D eigenvalue weighted by atomic mass is 16.5. The third kappa shape index (κ3) is 6.11. The van der Waals surface area contributed by atoms with Gasteiger partial charge in [0.15, 0.2) is 0 Å². The van der Waals surface area contributed by atoms with Crippen LogP contribution in [0.25, 0.3) is 0 Å². The van der Waals surface area contributed by atoms with Crippen molar-refractivity contribution in [1.82, 2.24) is 10.8 Å². The van der Waals surface area contributed by atoms with E-state index in [1.54, 1.807) is 12.1 Å². The first kappa shape index (κ1) is 19.2. The monoisotopic (exact) mass is 329 g/mol. The van der Waals surface area contributed by atoms with Gasteiger partial charge in [0, 0.05) is 17.2 Å². The number of rotatable bonds is 4. The maximum absolute atomic E-state index is 12.1. The Bertz CT molecular complexity index is 703. The van der Waals surface area contributed by atoms with Gasteiger partial charge in [-0.2, -0.15) is 0 Å². The maximum Gasteiger partial charge on any atom is 0.267 e. The Morgan fingerprint density at radius 3 is 2.29 bits per heavy atom. The van der Waals surface area contributed by atoms with Gasteiger partial charge in [-0.1, -0.05) is 11.8 Å². The van der Waals surface area contributed by atoms with Crippen LogP contribution in [0.4, 0.5) is 0 Å². The second kappa shape index (κ2) is 9.33. The van der Waals surface area contributed by atoms with E-state index < -0.39 is 30.0 Å². The van der Waals surface area contributed by atoms with Crippen LogP contribution in [0.1, 0.15) is 29.8 Å². The van der Waals surface area contributed by atoms with Gasteiger partial charge in [-0.25, -0.2) is 5.48 Å². The lowest BCUT2D eigenvalue weighted by Gasteiger charge is -2.19. The Kier molecular flexibility index (Phi) is 7.47. The highest BCUT2D eigenvalue weighted by Gasteiger charge is 2.24. The third-order valence-electron chi connectivity index (χ3n) is 2.90. The van der Waals surface area contributed by atoms with Crippen LogP contribution in [-0.2, 0) is 4.79 Å². The topological polar surface area (TPSA) is 125 Å². The van der Waals surface area contributed by atoms with Crippen molar-refractivity contribution in [2.75, 3.05) is 0 Å². The van der Waals surface area contributed by atoms with Crippen LogP contribution in [0.3, 0.4) is 0 Å². The van der Waals surface area contributed by atoms with E-state index in [1.165, 1.54) is 31.5 Å². The summed E-state index contributed by atoms with van der Waals surface area (Å²) in [4.78, 5) is 23.6. The van der Waals surface area contributed by atoms with Crippen LogP contribution in [-0.4, -0.2) is 40.3 Å². The number of hydrogen-bond acceptors (Lipinski definition) is 5. The summed E-state index contributed by atoms with van der Waals surface area (Å²) in [6.07, 6.45) is -0.737. The zero-order chi connectivity index (χ0) is 18.1. The zero-order valence-electron chi connectivity index (χ0n) is 13.3. The SMILES string of the molecule is CC(O)C#CC#Cc1ccc(C(=O)N[C@H](C(=O)NO)[C@@H](C)N)cc1. The molecule has 0 heterocycles. The number of hydroxylamine groups is 1. The second-order valence-electron chi connectivity index (χ2n) is 5.06. The van der Waals surface area contributed by atoms with Crippen LogP contribution < -0.4 is 16.5 Å². The van der Waals surface area contributed by atoms with Crippen molar-refractivity contribution in [2.45, 2.75) is 32.0 Å². The molecule has 1 unspecified atom stereocenters. The number of nitrogens with one attached hydrogen (secondary N) is 2. The van der Waals surface area contributed by atoms with E-state index in [-0.39, 0.29) is 0 Å². The molecule has 0 saturated carbocycles. The molecule has 0 aliphatic heterocycles. The largest absolute Gasteiger partial charge is 0.381 e. The second-order valence-corrected chi connectivity index (χ2v) is 5.06. The van der Waals surface area contributed by atoms with Crippen molar-refractivity contribution >= 4 is 11.8 Å². The van der Waals surface area contributed by atoms with Crippen LogP contribution in [0.2, 0.25) is 0 Å². The molecule has 1 rings (SSSR count). The molecule has 7 heteroatoms. The number of amides is 2. The number of carbonyl (C=O) groups excluding carboxylic acids is 2. The lowest BCUT2D eigenvalue weighted by molar-refractivity contribution is -0.131. The first-order valence-electron chi connectivity index (χ1n) is 7.15. The number of aliphatic hydroxyl groups is 1. The Morgan fingerprint density at radius 2 is 1.79 bits per heavy atom. The van der Waals surface area contributed by atoms with Crippen molar-refractivity contribution in [2.24, 2.45) is 5.73 Å². The van der Waals surface area contributed by atoms with Gasteiger partial charge in [0.05, 0.1) is 0 Å². The molecule has 2 amide bonds. The van der Waals surface area contributed by atoms with Crippen LogP contribution in [0, 0.1) is 23.7 Å². The fourth-order valence-corrected chi connectivity index (χ4v) is 1.68. The summed E-state index contributed by atoms with van der Waals surface area (Å²) in [5.41, 5.74) is 8.04. The number of aliphatic hydroxyl groups excluding tert-OH is 1. The quantitative estimate of drug-likeness (QED) is 0.286. The molecular weight excluding hydrogens is 310 g/mol. The molecule has 0 bridgehead atoms. The Morgan fingerprint density at radius 1 is 1.17 bits per heavy atom. The third-order valence-corrected chi connectivity index (χ3v) is 2.90. The van der Waals surface area contributed by atoms with Gasteiger partial charge >= 0.3 is 0 Å². The van der Waals surface area contributed by atoms with E-state index in [0.29, 0.717) is 11.1 Å². The maximum atomic E-state index is 12.1. The summed E-state index contributed by atoms with van der Waals surface area (Å²) in [5, 5.41) is 20.1. The molecule has 3 atom stereocenters. The van der Waals surface area contributed by atoms with Crippen molar-refractivity contribution in [3.63, 3.8) is 0 Å². The van der Waals surface area contributed by atoms with Gasteiger partial charge in [-0.05, 0) is 50.0 Å². The highest BCUT2D eigenvalue weighted by molar-refractivity contribution is 5.97. The van der Waals surface area contributed by atoms with E-state index in [0.717, 1.165) is 0 Å². The molecule has 24 heavy (non-hydrogen) atoms. The molecule has 6 N–H and O–H groups in total. The molecule has 1 aromatic carbocycles. The van der Waals surface area contributed by atoms with Gasteiger partial charge < -0.3 is 16.2 Å². The minimum atomic E-state index is -1.06. The summed E-state index contributed by atoms with van der Waals surface area (Å²) >= 11 is 0. The van der Waals surface area contributed by atoms with Gasteiger partial charge in [-0.15, -0.1) is 0 Å². The minimum Gasteiger partial charge on any atom is -0.381 e. The smallest absolute Gasteiger partial charge is 0.267 e. The van der Waals surface area contributed by atoms with Crippen molar-refractivity contribution < 1.29 is 19.9 Å². The summed E-state index contributed by atoms with van der Waals surface area (Å²) in [5.74, 6) is 9.05. The molecule has 0 fully saturated rings. The average Bonchev–Trinajstić information content (AvgIpc) is 2.55. The molecule has 7 nitrogen and oxygen atoms in total. The summed E-state index contributed by atoms with van der Waals surface area (Å²) in [7, 11) is 0. The first-order valence-corrected chi connectivity index (χ1v) is 7.15. The van der Waals surface area contributed by atoms with E-state index in [4.69, 9.17) is 16.0 Å². The Balaban J connectivity index is 2.80. The Labute approximate surface area is 140 Å². The van der Waals surface area contributed by atoms with Gasteiger partial charge in [0.1, 0.15) is 12.1 Å². The number of nitrogens with two attached hydrogens (primary N) is 1. The van der Waals surface area contributed by atoms with E-state index in [1.807, 2.05) is 0 Å². The lowest BCUT2D eigenvalue weighted by Crippen LogP contribution is -2.54. The summed E-state index contributed by atoms with van der Waals surface area (Å²) in [6, 6.07) is 4.59. The van der Waals surface area contributed by atoms with Crippen LogP contribution >= 0.6 is 0 Å².